The van der Waals surface area contributed by atoms with E-state index in [1.807, 2.05) is 34.9 Å². The molecule has 0 aliphatic rings. The number of carbonyl (C=O) groups excluding carboxylic acids is 1. The molecule has 146 valence electrons. The highest BCUT2D eigenvalue weighted by molar-refractivity contribution is 7.16. The van der Waals surface area contributed by atoms with Gasteiger partial charge < -0.3 is 14.0 Å². The van der Waals surface area contributed by atoms with Crippen LogP contribution in [-0.2, 0) is 6.54 Å². The fraction of sp³-hybridized carbons (Fsp3) is 0.273. The van der Waals surface area contributed by atoms with Gasteiger partial charge in [-0.3, -0.25) is 4.79 Å². The van der Waals surface area contributed by atoms with E-state index < -0.39 is 0 Å². The molecule has 3 aromatic rings. The highest BCUT2D eigenvalue weighted by Crippen LogP contribution is 2.23. The van der Waals surface area contributed by atoms with Crippen LogP contribution < -0.4 is 14.3 Å². The lowest BCUT2D eigenvalue weighted by Gasteiger charge is -2.05. The molecule has 0 unspecified atom stereocenters. The minimum atomic E-state index is -0.281. The van der Waals surface area contributed by atoms with Crippen molar-refractivity contribution in [2.75, 3.05) is 13.7 Å². The van der Waals surface area contributed by atoms with Crippen molar-refractivity contribution < 1.29 is 14.3 Å². The number of methoxy groups -OCH3 is 1. The first kappa shape index (κ1) is 19.9. The average Bonchev–Trinajstić information content (AvgIpc) is 3.05. The number of hydrogen-bond acceptors (Lipinski definition) is 4. The second-order valence-electron chi connectivity index (χ2n) is 6.26. The molecule has 0 fully saturated rings. The zero-order valence-electron chi connectivity index (χ0n) is 16.2. The second-order valence-corrected chi connectivity index (χ2v) is 7.27. The lowest BCUT2D eigenvalue weighted by Crippen LogP contribution is -2.16. The number of hydrogen-bond donors (Lipinski definition) is 0. The Balaban J connectivity index is 1.91. The molecule has 3 rings (SSSR count). The summed E-state index contributed by atoms with van der Waals surface area (Å²) in [7, 11) is 1.64. The van der Waals surface area contributed by atoms with Gasteiger partial charge in [-0.2, -0.15) is 4.99 Å². The first-order valence-electron chi connectivity index (χ1n) is 9.26. The van der Waals surface area contributed by atoms with Crippen molar-refractivity contribution in [3.63, 3.8) is 0 Å². The number of unbranched alkanes of at least 4 members (excludes halogenated alkanes) is 1. The summed E-state index contributed by atoms with van der Waals surface area (Å²) in [5, 5.41) is 0. The van der Waals surface area contributed by atoms with Gasteiger partial charge in [0.15, 0.2) is 4.80 Å². The first-order valence-corrected chi connectivity index (χ1v) is 10.1. The molecule has 2 aromatic carbocycles. The van der Waals surface area contributed by atoms with Gasteiger partial charge in [-0.05, 0) is 48.9 Å². The van der Waals surface area contributed by atoms with Crippen molar-refractivity contribution in [2.24, 2.45) is 4.99 Å². The third kappa shape index (κ3) is 4.51. The van der Waals surface area contributed by atoms with E-state index in [-0.39, 0.29) is 5.91 Å². The maximum Gasteiger partial charge on any atom is 0.279 e. The SMILES string of the molecule is C=CCn1c(=NC(=O)c2ccc(OCCCC)cc2)sc2cc(OC)ccc21. The van der Waals surface area contributed by atoms with Gasteiger partial charge in [0, 0.05) is 12.1 Å². The Kier molecular flexibility index (Phi) is 6.66. The molecule has 6 heteroatoms. The molecule has 1 amide bonds. The van der Waals surface area contributed by atoms with E-state index in [1.165, 1.54) is 11.3 Å². The number of aromatic nitrogens is 1. The van der Waals surface area contributed by atoms with Crippen LogP contribution in [0.5, 0.6) is 11.5 Å². The number of rotatable bonds is 8. The van der Waals surface area contributed by atoms with Crippen molar-refractivity contribution in [1.29, 1.82) is 0 Å². The molecule has 0 N–H and O–H groups in total. The van der Waals surface area contributed by atoms with Gasteiger partial charge in [0.05, 0.1) is 23.9 Å². The molecule has 0 aliphatic heterocycles. The van der Waals surface area contributed by atoms with E-state index in [4.69, 9.17) is 9.47 Å². The Labute approximate surface area is 168 Å². The van der Waals surface area contributed by atoms with Crippen LogP contribution in [0.1, 0.15) is 30.1 Å². The van der Waals surface area contributed by atoms with Crippen molar-refractivity contribution in [3.8, 4) is 11.5 Å². The monoisotopic (exact) mass is 396 g/mol. The summed E-state index contributed by atoms with van der Waals surface area (Å²) in [5.41, 5.74) is 1.53. The van der Waals surface area contributed by atoms with E-state index in [9.17, 15) is 4.79 Å². The number of thiazole rings is 1. The summed E-state index contributed by atoms with van der Waals surface area (Å²) in [6.45, 7) is 7.19. The number of benzene rings is 2. The standard InChI is InChI=1S/C22H24N2O3S/c1-4-6-14-27-17-9-7-16(8-10-17)21(25)23-22-24(13-5-2)19-12-11-18(26-3)15-20(19)28-22/h5,7-12,15H,2,4,6,13-14H2,1,3H3. The summed E-state index contributed by atoms with van der Waals surface area (Å²) in [4.78, 5) is 17.7. The summed E-state index contributed by atoms with van der Waals surface area (Å²) < 4.78 is 13.9. The van der Waals surface area contributed by atoms with Gasteiger partial charge in [-0.15, -0.1) is 6.58 Å². The Hall–Kier alpha value is -2.86. The average molecular weight is 397 g/mol. The molecule has 0 spiro atoms. The van der Waals surface area contributed by atoms with Crippen LogP contribution in [-0.4, -0.2) is 24.2 Å². The van der Waals surface area contributed by atoms with Crippen LogP contribution in [0.25, 0.3) is 10.2 Å². The van der Waals surface area contributed by atoms with E-state index in [2.05, 4.69) is 18.5 Å². The summed E-state index contributed by atoms with van der Waals surface area (Å²) in [5.74, 6) is 1.26. The number of ether oxygens (including phenoxy) is 2. The molecule has 5 nitrogen and oxygen atoms in total. The van der Waals surface area contributed by atoms with Gasteiger partial charge in [0.2, 0.25) is 0 Å². The van der Waals surface area contributed by atoms with Gasteiger partial charge in [0.1, 0.15) is 11.5 Å². The topological polar surface area (TPSA) is 52.8 Å². The van der Waals surface area contributed by atoms with Crippen LogP contribution in [0.2, 0.25) is 0 Å². The van der Waals surface area contributed by atoms with Crippen molar-refractivity contribution >= 4 is 27.5 Å². The molecule has 1 heterocycles. The maximum absolute atomic E-state index is 12.7. The van der Waals surface area contributed by atoms with Gasteiger partial charge in [-0.1, -0.05) is 30.8 Å². The van der Waals surface area contributed by atoms with Crippen molar-refractivity contribution in [2.45, 2.75) is 26.3 Å². The van der Waals surface area contributed by atoms with E-state index >= 15 is 0 Å². The molecule has 0 saturated heterocycles. The highest BCUT2D eigenvalue weighted by atomic mass is 32.1. The van der Waals surface area contributed by atoms with Crippen molar-refractivity contribution in [1.82, 2.24) is 4.57 Å². The third-order valence-electron chi connectivity index (χ3n) is 4.27. The minimum absolute atomic E-state index is 0.281. The number of nitrogens with zero attached hydrogens (tertiary/aromatic N) is 2. The molecule has 0 aliphatic carbocycles. The molecule has 0 saturated carbocycles. The van der Waals surface area contributed by atoms with Crippen molar-refractivity contribution in [3.05, 3.63) is 65.5 Å². The van der Waals surface area contributed by atoms with Crippen LogP contribution >= 0.6 is 11.3 Å². The van der Waals surface area contributed by atoms with Gasteiger partial charge >= 0.3 is 0 Å². The van der Waals surface area contributed by atoms with Gasteiger partial charge in [-0.25, -0.2) is 0 Å². The highest BCUT2D eigenvalue weighted by Gasteiger charge is 2.10. The first-order chi connectivity index (χ1) is 13.7. The largest absolute Gasteiger partial charge is 0.497 e. The van der Waals surface area contributed by atoms with E-state index in [1.54, 1.807) is 25.3 Å². The number of allylic oxidation sites excluding steroid dienone is 1. The Morgan fingerprint density at radius 3 is 2.64 bits per heavy atom. The van der Waals surface area contributed by atoms with Crippen LogP contribution in [0.3, 0.4) is 0 Å². The second kappa shape index (κ2) is 9.37. The predicted octanol–water partition coefficient (Wildman–Crippen LogP) is 4.82. The minimum Gasteiger partial charge on any atom is -0.497 e. The zero-order chi connectivity index (χ0) is 19.9. The third-order valence-corrected chi connectivity index (χ3v) is 5.31. The molecule has 1 aromatic heterocycles. The smallest absolute Gasteiger partial charge is 0.279 e. The molecule has 28 heavy (non-hydrogen) atoms. The van der Waals surface area contributed by atoms with Gasteiger partial charge in [0.25, 0.3) is 5.91 Å². The fourth-order valence-electron chi connectivity index (χ4n) is 2.75. The summed E-state index contributed by atoms with van der Waals surface area (Å²) in [6.07, 6.45) is 3.89. The molecular formula is C22H24N2O3S. The van der Waals surface area contributed by atoms with Crippen LogP contribution in [0.15, 0.2) is 60.1 Å². The maximum atomic E-state index is 12.7. The summed E-state index contributed by atoms with van der Waals surface area (Å²) in [6, 6.07) is 12.9. The summed E-state index contributed by atoms with van der Waals surface area (Å²) >= 11 is 1.46. The molecule has 0 bridgehead atoms. The number of amides is 1. The van der Waals surface area contributed by atoms with Crippen LogP contribution in [0.4, 0.5) is 0 Å². The number of fused-ring (bicyclic) bond motifs is 1. The molecular weight excluding hydrogens is 372 g/mol. The van der Waals surface area contributed by atoms with E-state index in [0.29, 0.717) is 23.5 Å². The lowest BCUT2D eigenvalue weighted by atomic mass is 10.2. The lowest BCUT2D eigenvalue weighted by molar-refractivity contribution is 0.0998. The normalized spacial score (nSPS) is 11.6. The Morgan fingerprint density at radius 2 is 1.96 bits per heavy atom. The molecule has 0 radical (unpaired) electrons. The van der Waals surface area contributed by atoms with E-state index in [0.717, 1.165) is 34.6 Å². The predicted molar refractivity (Wildman–Crippen MR) is 113 cm³/mol. The zero-order valence-corrected chi connectivity index (χ0v) is 17.0. The Bertz CT molecular complexity index is 1030. The number of carbonyl (C=O) groups is 1. The fourth-order valence-corrected chi connectivity index (χ4v) is 3.82. The molecule has 0 atom stereocenters. The van der Waals surface area contributed by atoms with Crippen LogP contribution in [0, 0.1) is 0 Å². The Morgan fingerprint density at radius 1 is 1.21 bits per heavy atom. The quantitative estimate of drug-likeness (QED) is 0.405.